The lowest BCUT2D eigenvalue weighted by Gasteiger charge is -2.15. The van der Waals surface area contributed by atoms with Crippen molar-refractivity contribution in [3.05, 3.63) is 95.1 Å². The minimum absolute atomic E-state index is 0.201. The predicted octanol–water partition coefficient (Wildman–Crippen LogP) is 10.5. The van der Waals surface area contributed by atoms with Crippen LogP contribution in [0.5, 0.6) is 0 Å². The third-order valence-electron chi connectivity index (χ3n) is 4.82. The highest BCUT2D eigenvalue weighted by Gasteiger charge is 2.33. The van der Waals surface area contributed by atoms with Crippen LogP contribution in [0.25, 0.3) is 17.3 Å². The number of alkyl halides is 3. The SMILES string of the molecule is C=C(Nc1ccc(C)c(/C=C\C)c1)c1ccc(/C(C)=C(/C=C\CC)C(F)(F)F)cc1.CC.CC. The summed E-state index contributed by atoms with van der Waals surface area (Å²) in [4.78, 5) is 0. The summed E-state index contributed by atoms with van der Waals surface area (Å²) in [5.41, 5.74) is 4.81. The van der Waals surface area contributed by atoms with Gasteiger partial charge in [0.25, 0.3) is 0 Å². The third-order valence-corrected chi connectivity index (χ3v) is 4.82. The molecule has 2 aromatic rings. The van der Waals surface area contributed by atoms with Gasteiger partial charge in [-0.15, -0.1) is 0 Å². The summed E-state index contributed by atoms with van der Waals surface area (Å²) in [7, 11) is 0. The Labute approximate surface area is 204 Å². The van der Waals surface area contributed by atoms with E-state index in [0.29, 0.717) is 17.7 Å². The summed E-state index contributed by atoms with van der Waals surface area (Å²) in [5.74, 6) is 0. The number of nitrogens with one attached hydrogen (secondary N) is 1. The Balaban J connectivity index is 0.00000258. The van der Waals surface area contributed by atoms with Crippen LogP contribution in [0.15, 0.2) is 72.8 Å². The molecule has 0 saturated carbocycles. The Hall–Kier alpha value is -3.01. The van der Waals surface area contributed by atoms with Crippen LogP contribution >= 0.6 is 0 Å². The van der Waals surface area contributed by atoms with Gasteiger partial charge in [0.1, 0.15) is 0 Å². The number of benzene rings is 2. The molecule has 0 atom stereocenters. The monoisotopic (exact) mass is 471 g/mol. The summed E-state index contributed by atoms with van der Waals surface area (Å²) in [6.45, 7) is 19.4. The lowest BCUT2D eigenvalue weighted by atomic mass is 9.98. The minimum Gasteiger partial charge on any atom is -0.356 e. The number of halogens is 3. The van der Waals surface area contributed by atoms with Gasteiger partial charge in [-0.25, -0.2) is 0 Å². The van der Waals surface area contributed by atoms with Gasteiger partial charge in [0.2, 0.25) is 0 Å². The molecule has 1 nitrogen and oxygen atoms in total. The van der Waals surface area contributed by atoms with Gasteiger partial charge in [-0.3, -0.25) is 0 Å². The van der Waals surface area contributed by atoms with Gasteiger partial charge in [-0.05, 0) is 67.2 Å². The van der Waals surface area contributed by atoms with Crippen molar-refractivity contribution >= 4 is 23.0 Å². The van der Waals surface area contributed by atoms with Crippen LogP contribution in [-0.2, 0) is 0 Å². The van der Waals surface area contributed by atoms with Gasteiger partial charge >= 0.3 is 6.18 Å². The molecule has 2 aromatic carbocycles. The van der Waals surface area contributed by atoms with Crippen molar-refractivity contribution in [3.63, 3.8) is 0 Å². The number of hydrogen-bond donors (Lipinski definition) is 1. The molecule has 4 heteroatoms. The van der Waals surface area contributed by atoms with Crippen LogP contribution in [0.3, 0.4) is 0 Å². The quantitative estimate of drug-likeness (QED) is 0.396. The van der Waals surface area contributed by atoms with Crippen LogP contribution in [0.2, 0.25) is 0 Å². The second kappa shape index (κ2) is 15.8. The second-order valence-corrected chi connectivity index (χ2v) is 7.10. The van der Waals surface area contributed by atoms with Crippen molar-refractivity contribution < 1.29 is 13.2 Å². The first-order chi connectivity index (χ1) is 16.2. The third kappa shape index (κ3) is 9.46. The number of aryl methyl sites for hydroxylation is 1. The molecular weight excluding hydrogens is 431 g/mol. The minimum atomic E-state index is -4.39. The Morgan fingerprint density at radius 2 is 1.53 bits per heavy atom. The zero-order chi connectivity index (χ0) is 26.3. The van der Waals surface area contributed by atoms with Crippen LogP contribution in [-0.4, -0.2) is 6.18 Å². The predicted molar refractivity (Wildman–Crippen MR) is 146 cm³/mol. The topological polar surface area (TPSA) is 12.0 Å². The molecule has 0 bridgehead atoms. The molecule has 186 valence electrons. The van der Waals surface area contributed by atoms with Gasteiger partial charge in [-0.2, -0.15) is 13.2 Å². The fourth-order valence-corrected chi connectivity index (χ4v) is 3.07. The molecular formula is C30H40F3N. The molecule has 0 aliphatic rings. The van der Waals surface area contributed by atoms with E-state index in [1.165, 1.54) is 18.6 Å². The molecule has 0 spiro atoms. The second-order valence-electron chi connectivity index (χ2n) is 7.10. The lowest BCUT2D eigenvalue weighted by molar-refractivity contribution is -0.0876. The summed E-state index contributed by atoms with van der Waals surface area (Å²) in [6.07, 6.45) is 2.86. The summed E-state index contributed by atoms with van der Waals surface area (Å²) >= 11 is 0. The van der Waals surface area contributed by atoms with E-state index in [1.807, 2.05) is 78.8 Å². The molecule has 2 rings (SSSR count). The molecule has 0 saturated heterocycles. The fraction of sp³-hybridized carbons (Fsp3) is 0.333. The maximum absolute atomic E-state index is 13.4. The van der Waals surface area contributed by atoms with E-state index in [2.05, 4.69) is 11.9 Å². The normalized spacial score (nSPS) is 11.9. The molecule has 0 aliphatic heterocycles. The highest BCUT2D eigenvalue weighted by Crippen LogP contribution is 2.34. The molecule has 0 heterocycles. The average molecular weight is 472 g/mol. The summed E-state index contributed by atoms with van der Waals surface area (Å²) in [5, 5.41) is 3.28. The van der Waals surface area contributed by atoms with Crippen molar-refractivity contribution in [1.29, 1.82) is 0 Å². The molecule has 0 aliphatic carbocycles. The van der Waals surface area contributed by atoms with E-state index >= 15 is 0 Å². The van der Waals surface area contributed by atoms with E-state index in [9.17, 15) is 13.2 Å². The van der Waals surface area contributed by atoms with Gasteiger partial charge in [0, 0.05) is 11.4 Å². The molecule has 1 N–H and O–H groups in total. The first-order valence-electron chi connectivity index (χ1n) is 11.9. The highest BCUT2D eigenvalue weighted by atomic mass is 19.4. The van der Waals surface area contributed by atoms with Gasteiger partial charge in [0.15, 0.2) is 0 Å². The Kier molecular flexibility index (Phi) is 14.4. The van der Waals surface area contributed by atoms with E-state index in [-0.39, 0.29) is 5.57 Å². The first-order valence-corrected chi connectivity index (χ1v) is 11.9. The lowest BCUT2D eigenvalue weighted by Crippen LogP contribution is -2.11. The number of hydrogen-bond acceptors (Lipinski definition) is 1. The van der Waals surface area contributed by atoms with Crippen LogP contribution in [0.4, 0.5) is 18.9 Å². The van der Waals surface area contributed by atoms with Crippen molar-refractivity contribution in [3.8, 4) is 0 Å². The maximum atomic E-state index is 13.4. The average Bonchev–Trinajstić information content (AvgIpc) is 2.83. The molecule has 0 fully saturated rings. The van der Waals surface area contributed by atoms with Crippen molar-refractivity contribution in [2.24, 2.45) is 0 Å². The molecule has 34 heavy (non-hydrogen) atoms. The Morgan fingerprint density at radius 3 is 2.03 bits per heavy atom. The number of allylic oxidation sites excluding steroid dienone is 5. The smallest absolute Gasteiger partial charge is 0.356 e. The standard InChI is InChI=1S/C26H28F3N.2C2H6/c1-6-8-10-25(26(27,28)29)19(4)21-12-14-22(15-13-21)20(5)30-24-16-11-18(3)23(17-24)9-7-2;2*1-2/h7-17,30H,5-6H2,1-4H3;2*1-2H3/b9-7-,10-8-,25-19-;;. The highest BCUT2D eigenvalue weighted by molar-refractivity contribution is 5.78. The van der Waals surface area contributed by atoms with Gasteiger partial charge in [0.05, 0.1) is 5.57 Å². The molecule has 0 aromatic heterocycles. The van der Waals surface area contributed by atoms with Crippen LogP contribution < -0.4 is 5.32 Å². The summed E-state index contributed by atoms with van der Waals surface area (Å²) < 4.78 is 40.2. The van der Waals surface area contributed by atoms with E-state index < -0.39 is 11.7 Å². The van der Waals surface area contributed by atoms with E-state index in [4.69, 9.17) is 0 Å². The van der Waals surface area contributed by atoms with Gasteiger partial charge < -0.3 is 5.32 Å². The number of rotatable bonds is 7. The van der Waals surface area contributed by atoms with Crippen molar-refractivity contribution in [1.82, 2.24) is 0 Å². The van der Waals surface area contributed by atoms with E-state index in [0.717, 1.165) is 22.9 Å². The van der Waals surface area contributed by atoms with Crippen molar-refractivity contribution in [2.45, 2.75) is 68.0 Å². The van der Waals surface area contributed by atoms with Gasteiger partial charge in [-0.1, -0.05) is 95.8 Å². The number of anilines is 1. The largest absolute Gasteiger partial charge is 0.416 e. The van der Waals surface area contributed by atoms with Crippen LogP contribution in [0, 0.1) is 6.92 Å². The molecule has 0 radical (unpaired) electrons. The van der Waals surface area contributed by atoms with Crippen LogP contribution in [0.1, 0.15) is 77.1 Å². The Morgan fingerprint density at radius 1 is 0.971 bits per heavy atom. The maximum Gasteiger partial charge on any atom is 0.416 e. The fourth-order valence-electron chi connectivity index (χ4n) is 3.07. The zero-order valence-corrected chi connectivity index (χ0v) is 21.9. The van der Waals surface area contributed by atoms with E-state index in [1.54, 1.807) is 24.3 Å². The zero-order valence-electron chi connectivity index (χ0n) is 21.9. The summed E-state index contributed by atoms with van der Waals surface area (Å²) in [6, 6.07) is 13.0. The molecule has 0 unspecified atom stereocenters. The molecule has 0 amide bonds. The van der Waals surface area contributed by atoms with Crippen molar-refractivity contribution in [2.75, 3.05) is 5.32 Å². The Bertz CT molecular complexity index is 975. The first kappa shape index (κ1) is 31.0.